The van der Waals surface area contributed by atoms with Crippen molar-refractivity contribution in [1.82, 2.24) is 4.90 Å². The second-order valence-electron chi connectivity index (χ2n) is 7.78. The lowest BCUT2D eigenvalue weighted by atomic mass is 9.70. The smallest absolute Gasteiger partial charge is 0.227 e. The summed E-state index contributed by atoms with van der Waals surface area (Å²) >= 11 is 0. The molecule has 0 spiro atoms. The summed E-state index contributed by atoms with van der Waals surface area (Å²) in [6.45, 7) is 0.110. The molecule has 4 heteroatoms. The van der Waals surface area contributed by atoms with Gasteiger partial charge in [0.1, 0.15) is 5.75 Å². The van der Waals surface area contributed by atoms with E-state index in [4.69, 9.17) is 0 Å². The molecule has 4 rings (SSSR count). The van der Waals surface area contributed by atoms with Crippen LogP contribution in [0.25, 0.3) is 0 Å². The molecule has 0 unspecified atom stereocenters. The van der Waals surface area contributed by atoms with Crippen LogP contribution in [0, 0.1) is 5.41 Å². The number of fused-ring (bicyclic) bond motifs is 2. The molecule has 0 aliphatic carbocycles. The fourth-order valence-corrected chi connectivity index (χ4v) is 5.02. The van der Waals surface area contributed by atoms with Crippen LogP contribution in [0.3, 0.4) is 0 Å². The molecule has 0 saturated carbocycles. The van der Waals surface area contributed by atoms with E-state index in [9.17, 15) is 15.0 Å². The van der Waals surface area contributed by atoms with E-state index in [0.29, 0.717) is 6.42 Å². The van der Waals surface area contributed by atoms with Crippen LogP contribution in [-0.4, -0.2) is 39.7 Å². The van der Waals surface area contributed by atoms with Gasteiger partial charge in [0, 0.05) is 17.5 Å². The van der Waals surface area contributed by atoms with E-state index in [-0.39, 0.29) is 35.8 Å². The number of benzene rings is 2. The molecule has 2 aromatic rings. The highest BCUT2D eigenvalue weighted by Gasteiger charge is 2.56. The maximum absolute atomic E-state index is 13.0. The molecule has 26 heavy (non-hydrogen) atoms. The monoisotopic (exact) mass is 351 g/mol. The first kappa shape index (κ1) is 17.1. The summed E-state index contributed by atoms with van der Waals surface area (Å²) in [7, 11) is 0. The Labute approximate surface area is 154 Å². The summed E-state index contributed by atoms with van der Waals surface area (Å²) in [6, 6.07) is 17.5. The zero-order chi connectivity index (χ0) is 18.1. The summed E-state index contributed by atoms with van der Waals surface area (Å²) in [5, 5.41) is 19.9. The standard InChI is InChI=1S/C22H25NO3/c24-15-22(13-16-5-2-1-3-6-16)14-18-9-10-20(22)23(18)21(26)12-17-7-4-8-19(25)11-17/h1-8,11,18,20,24-25H,9-10,12-15H2/t18-,20+,22-/m1/s1. The molecule has 136 valence electrons. The largest absolute Gasteiger partial charge is 0.508 e. The van der Waals surface area contributed by atoms with Crippen molar-refractivity contribution in [1.29, 1.82) is 0 Å². The Bertz CT molecular complexity index is 791. The maximum atomic E-state index is 13.0. The molecule has 2 aromatic carbocycles. The molecule has 1 amide bonds. The number of phenols is 1. The predicted molar refractivity (Wildman–Crippen MR) is 99.7 cm³/mol. The molecule has 4 nitrogen and oxygen atoms in total. The van der Waals surface area contributed by atoms with E-state index in [1.807, 2.05) is 29.2 Å². The highest BCUT2D eigenvalue weighted by atomic mass is 16.3. The van der Waals surface area contributed by atoms with Crippen molar-refractivity contribution in [2.24, 2.45) is 5.41 Å². The van der Waals surface area contributed by atoms with Gasteiger partial charge in [-0.2, -0.15) is 0 Å². The number of amides is 1. The van der Waals surface area contributed by atoms with E-state index in [1.54, 1.807) is 18.2 Å². The molecule has 2 fully saturated rings. The lowest BCUT2D eigenvalue weighted by molar-refractivity contribution is -0.132. The molecule has 0 radical (unpaired) electrons. The summed E-state index contributed by atoms with van der Waals surface area (Å²) in [4.78, 5) is 15.0. The van der Waals surface area contributed by atoms with Crippen molar-refractivity contribution in [3.05, 3.63) is 65.7 Å². The molecule has 2 saturated heterocycles. The summed E-state index contributed by atoms with van der Waals surface area (Å²) in [5.74, 6) is 0.292. The van der Waals surface area contributed by atoms with Crippen LogP contribution in [0.4, 0.5) is 0 Å². The number of aliphatic hydroxyl groups excluding tert-OH is 1. The zero-order valence-corrected chi connectivity index (χ0v) is 14.8. The van der Waals surface area contributed by atoms with Crippen LogP contribution in [0.2, 0.25) is 0 Å². The third kappa shape index (κ3) is 2.99. The number of carbonyl (C=O) groups excluding carboxylic acids is 1. The van der Waals surface area contributed by atoms with Crippen molar-refractivity contribution in [2.45, 2.75) is 44.2 Å². The molecule has 2 heterocycles. The molecular weight excluding hydrogens is 326 g/mol. The third-order valence-electron chi connectivity index (χ3n) is 6.12. The van der Waals surface area contributed by atoms with E-state index in [1.165, 1.54) is 5.56 Å². The number of carbonyl (C=O) groups is 1. The first-order valence-electron chi connectivity index (χ1n) is 9.35. The van der Waals surface area contributed by atoms with Gasteiger partial charge >= 0.3 is 0 Å². The van der Waals surface area contributed by atoms with Gasteiger partial charge in [0.15, 0.2) is 0 Å². The number of rotatable bonds is 5. The second kappa shape index (κ2) is 6.76. The van der Waals surface area contributed by atoms with Crippen LogP contribution in [-0.2, 0) is 17.6 Å². The minimum Gasteiger partial charge on any atom is -0.508 e. The lowest BCUT2D eigenvalue weighted by Crippen LogP contribution is -2.44. The van der Waals surface area contributed by atoms with Crippen LogP contribution in [0.1, 0.15) is 30.4 Å². The molecule has 3 atom stereocenters. The highest BCUT2D eigenvalue weighted by molar-refractivity contribution is 5.80. The normalized spacial score (nSPS) is 27.0. The topological polar surface area (TPSA) is 60.8 Å². The molecule has 2 bridgehead atoms. The zero-order valence-electron chi connectivity index (χ0n) is 14.8. The fraction of sp³-hybridized carbons (Fsp3) is 0.409. The van der Waals surface area contributed by atoms with Crippen LogP contribution in [0.15, 0.2) is 54.6 Å². The quantitative estimate of drug-likeness (QED) is 0.871. The molecule has 2 N–H and O–H groups in total. The number of hydrogen-bond donors (Lipinski definition) is 2. The number of hydrogen-bond acceptors (Lipinski definition) is 3. The minimum absolute atomic E-state index is 0.0996. The number of nitrogens with zero attached hydrogens (tertiary/aromatic N) is 1. The van der Waals surface area contributed by atoms with Gasteiger partial charge in [0.2, 0.25) is 5.91 Å². The third-order valence-corrected chi connectivity index (χ3v) is 6.12. The Balaban J connectivity index is 1.54. The molecule has 0 aromatic heterocycles. The van der Waals surface area contributed by atoms with Gasteiger partial charge in [0.05, 0.1) is 13.0 Å². The Morgan fingerprint density at radius 1 is 1.08 bits per heavy atom. The van der Waals surface area contributed by atoms with Gasteiger partial charge in [0.25, 0.3) is 0 Å². The van der Waals surface area contributed by atoms with Gasteiger partial charge in [-0.3, -0.25) is 4.79 Å². The van der Waals surface area contributed by atoms with Crippen molar-refractivity contribution < 1.29 is 15.0 Å². The van der Waals surface area contributed by atoms with Crippen molar-refractivity contribution in [3.8, 4) is 5.75 Å². The predicted octanol–water partition coefficient (Wildman–Crippen LogP) is 2.92. The molecule has 2 aliphatic heterocycles. The number of aromatic hydroxyl groups is 1. The maximum Gasteiger partial charge on any atom is 0.227 e. The van der Waals surface area contributed by atoms with Crippen LogP contribution < -0.4 is 0 Å². The lowest BCUT2D eigenvalue weighted by Gasteiger charge is -2.36. The van der Waals surface area contributed by atoms with E-state index >= 15 is 0 Å². The Morgan fingerprint density at radius 2 is 1.85 bits per heavy atom. The van der Waals surface area contributed by atoms with Crippen molar-refractivity contribution in [3.63, 3.8) is 0 Å². The van der Waals surface area contributed by atoms with Crippen LogP contribution >= 0.6 is 0 Å². The van der Waals surface area contributed by atoms with Gasteiger partial charge in [-0.15, -0.1) is 0 Å². The van der Waals surface area contributed by atoms with E-state index in [2.05, 4.69) is 12.1 Å². The Hall–Kier alpha value is -2.33. The highest BCUT2D eigenvalue weighted by Crippen LogP contribution is 2.51. The van der Waals surface area contributed by atoms with E-state index < -0.39 is 0 Å². The van der Waals surface area contributed by atoms with Crippen LogP contribution in [0.5, 0.6) is 5.75 Å². The second-order valence-corrected chi connectivity index (χ2v) is 7.78. The number of aliphatic hydroxyl groups is 1. The van der Waals surface area contributed by atoms with Gasteiger partial charge in [-0.05, 0) is 48.9 Å². The average Bonchev–Trinajstić information content (AvgIpc) is 3.19. The minimum atomic E-state index is -0.237. The van der Waals surface area contributed by atoms with Gasteiger partial charge < -0.3 is 15.1 Å². The Kier molecular flexibility index (Phi) is 4.45. The first-order valence-corrected chi connectivity index (χ1v) is 9.35. The SMILES string of the molecule is O=C(Cc1cccc(O)c1)N1[C@@H]2CC[C@H]1[C@](CO)(Cc1ccccc1)C2. The Morgan fingerprint density at radius 3 is 2.58 bits per heavy atom. The van der Waals surface area contributed by atoms with Gasteiger partial charge in [-0.25, -0.2) is 0 Å². The van der Waals surface area contributed by atoms with Crippen molar-refractivity contribution >= 4 is 5.91 Å². The van der Waals surface area contributed by atoms with E-state index in [0.717, 1.165) is 31.2 Å². The first-order chi connectivity index (χ1) is 12.6. The summed E-state index contributed by atoms with van der Waals surface area (Å²) in [6.07, 6.45) is 3.96. The molecule has 2 aliphatic rings. The molecular formula is C22H25NO3. The number of phenolic OH excluding ortho intramolecular Hbond substituents is 1. The average molecular weight is 351 g/mol. The van der Waals surface area contributed by atoms with Crippen molar-refractivity contribution in [2.75, 3.05) is 6.61 Å². The summed E-state index contributed by atoms with van der Waals surface area (Å²) in [5.41, 5.74) is 1.81. The van der Waals surface area contributed by atoms with Gasteiger partial charge in [-0.1, -0.05) is 42.5 Å². The summed E-state index contributed by atoms with van der Waals surface area (Å²) < 4.78 is 0. The fourth-order valence-electron chi connectivity index (χ4n) is 5.02.